The standard InChI is InChI=1S/C5H5NS.C2H6.CH3I/c6-3-5-1-2-7-4-5;2*1-2/h1-4,6H;1-2H3;1H3. The van der Waals surface area contributed by atoms with Crippen molar-refractivity contribution in [2.75, 3.05) is 4.93 Å². The Morgan fingerprint density at radius 2 is 2.00 bits per heavy atom. The van der Waals surface area contributed by atoms with Gasteiger partial charge in [0.2, 0.25) is 0 Å². The zero-order chi connectivity index (χ0) is 9.11. The smallest absolute Gasteiger partial charge is 0.0258 e. The van der Waals surface area contributed by atoms with Gasteiger partial charge in [-0.2, -0.15) is 11.3 Å². The Kier molecular flexibility index (Phi) is 15.8. The van der Waals surface area contributed by atoms with Crippen molar-refractivity contribution >= 4 is 40.1 Å². The molecule has 0 saturated carbocycles. The summed E-state index contributed by atoms with van der Waals surface area (Å²) < 4.78 is 0. The second-order valence-electron chi connectivity index (χ2n) is 1.20. The monoisotopic (exact) mass is 283 g/mol. The predicted octanol–water partition coefficient (Wildman–Crippen LogP) is 3.82. The van der Waals surface area contributed by atoms with Crippen LogP contribution in [-0.4, -0.2) is 11.1 Å². The average molecular weight is 283 g/mol. The van der Waals surface area contributed by atoms with Crippen molar-refractivity contribution in [1.29, 1.82) is 5.41 Å². The molecule has 11 heavy (non-hydrogen) atoms. The Morgan fingerprint density at radius 3 is 2.18 bits per heavy atom. The first-order valence-corrected chi connectivity index (χ1v) is 6.44. The van der Waals surface area contributed by atoms with Crippen LogP contribution in [0.15, 0.2) is 16.8 Å². The highest BCUT2D eigenvalue weighted by molar-refractivity contribution is 14.1. The summed E-state index contributed by atoms with van der Waals surface area (Å²) >= 11 is 3.76. The van der Waals surface area contributed by atoms with Crippen molar-refractivity contribution < 1.29 is 0 Å². The molecule has 64 valence electrons. The quantitative estimate of drug-likeness (QED) is 0.460. The van der Waals surface area contributed by atoms with E-state index >= 15 is 0 Å². The van der Waals surface area contributed by atoms with Gasteiger partial charge >= 0.3 is 0 Å². The number of nitrogens with one attached hydrogen (secondary N) is 1. The molecule has 0 atom stereocenters. The van der Waals surface area contributed by atoms with E-state index in [4.69, 9.17) is 5.41 Å². The van der Waals surface area contributed by atoms with Crippen molar-refractivity contribution in [1.82, 2.24) is 0 Å². The van der Waals surface area contributed by atoms with Gasteiger partial charge in [-0.25, -0.2) is 0 Å². The fourth-order valence-corrected chi connectivity index (χ4v) is 0.975. The van der Waals surface area contributed by atoms with Gasteiger partial charge in [-0.15, -0.1) is 0 Å². The summed E-state index contributed by atoms with van der Waals surface area (Å²) in [4.78, 5) is 1.97. The lowest BCUT2D eigenvalue weighted by molar-refractivity contribution is 1.50. The molecular weight excluding hydrogens is 269 g/mol. The molecule has 1 aromatic rings. The number of hydrogen-bond acceptors (Lipinski definition) is 2. The van der Waals surface area contributed by atoms with Crippen molar-refractivity contribution in [2.45, 2.75) is 13.8 Å². The molecule has 0 aromatic carbocycles. The van der Waals surface area contributed by atoms with Crippen LogP contribution in [0.5, 0.6) is 0 Å². The molecule has 1 heterocycles. The Morgan fingerprint density at radius 1 is 1.45 bits per heavy atom. The minimum Gasteiger partial charge on any atom is -0.308 e. The van der Waals surface area contributed by atoms with Crippen LogP contribution in [0.1, 0.15) is 19.4 Å². The second kappa shape index (κ2) is 12.7. The van der Waals surface area contributed by atoms with Gasteiger partial charge in [-0.3, -0.25) is 0 Å². The maximum Gasteiger partial charge on any atom is 0.0258 e. The average Bonchev–Trinajstić information content (AvgIpc) is 2.63. The van der Waals surface area contributed by atoms with Crippen molar-refractivity contribution in [3.63, 3.8) is 0 Å². The topological polar surface area (TPSA) is 23.9 Å². The third-order valence-corrected chi connectivity index (χ3v) is 1.41. The van der Waals surface area contributed by atoms with E-state index in [1.54, 1.807) is 11.3 Å². The molecule has 0 amide bonds. The molecule has 1 nitrogen and oxygen atoms in total. The lowest BCUT2D eigenvalue weighted by atomic mass is 10.4. The number of thiophene rings is 1. The van der Waals surface area contributed by atoms with E-state index in [1.807, 2.05) is 35.6 Å². The first kappa shape index (κ1) is 13.7. The molecule has 0 aliphatic carbocycles. The molecule has 0 aliphatic rings. The molecule has 0 saturated heterocycles. The summed E-state index contributed by atoms with van der Waals surface area (Å²) in [5, 5.41) is 10.6. The number of hydrogen-bond donors (Lipinski definition) is 1. The van der Waals surface area contributed by atoms with Gasteiger partial charge in [0.25, 0.3) is 0 Å². The fraction of sp³-hybridized carbons (Fsp3) is 0.375. The Labute approximate surface area is 86.5 Å². The van der Waals surface area contributed by atoms with Gasteiger partial charge in [0.05, 0.1) is 0 Å². The molecule has 1 rings (SSSR count). The normalized spacial score (nSPS) is 6.55. The van der Waals surface area contributed by atoms with E-state index in [1.165, 1.54) is 6.21 Å². The molecule has 0 spiro atoms. The van der Waals surface area contributed by atoms with E-state index in [-0.39, 0.29) is 0 Å². The van der Waals surface area contributed by atoms with E-state index in [0.29, 0.717) is 0 Å². The molecular formula is C8H14INS. The fourth-order valence-electron chi connectivity index (χ4n) is 0.357. The predicted molar refractivity (Wildman–Crippen MR) is 63.5 cm³/mol. The van der Waals surface area contributed by atoms with Crippen LogP contribution in [-0.2, 0) is 0 Å². The van der Waals surface area contributed by atoms with Gasteiger partial charge in [0.15, 0.2) is 0 Å². The van der Waals surface area contributed by atoms with Crippen LogP contribution in [0.2, 0.25) is 0 Å². The summed E-state index contributed by atoms with van der Waals surface area (Å²) in [6.07, 6.45) is 1.34. The lowest BCUT2D eigenvalue weighted by Crippen LogP contribution is -1.64. The molecule has 3 heteroatoms. The molecule has 0 unspecified atom stereocenters. The molecule has 0 aliphatic heterocycles. The molecule has 0 bridgehead atoms. The SMILES string of the molecule is CC.CI.N=Cc1ccsc1. The Balaban J connectivity index is 0. The summed E-state index contributed by atoms with van der Waals surface area (Å²) in [5.74, 6) is 0. The van der Waals surface area contributed by atoms with Crippen molar-refractivity contribution in [3.05, 3.63) is 22.4 Å². The van der Waals surface area contributed by atoms with Crippen LogP contribution in [0, 0.1) is 5.41 Å². The number of halogens is 1. The van der Waals surface area contributed by atoms with Gasteiger partial charge in [0, 0.05) is 11.8 Å². The number of alkyl halides is 1. The lowest BCUT2D eigenvalue weighted by Gasteiger charge is -1.69. The maximum absolute atomic E-state index is 6.74. The van der Waals surface area contributed by atoms with E-state index in [0.717, 1.165) is 5.56 Å². The summed E-state index contributed by atoms with van der Waals surface area (Å²) in [7, 11) is 0. The summed E-state index contributed by atoms with van der Waals surface area (Å²) in [6, 6.07) is 1.91. The zero-order valence-electron chi connectivity index (χ0n) is 7.10. The van der Waals surface area contributed by atoms with Gasteiger partial charge in [-0.05, 0) is 21.8 Å². The molecule has 0 radical (unpaired) electrons. The van der Waals surface area contributed by atoms with E-state index in [9.17, 15) is 0 Å². The van der Waals surface area contributed by atoms with Crippen LogP contribution in [0.25, 0.3) is 0 Å². The first-order chi connectivity index (χ1) is 5.43. The van der Waals surface area contributed by atoms with Gasteiger partial charge in [-0.1, -0.05) is 36.4 Å². The molecule has 1 aromatic heterocycles. The minimum atomic E-state index is 0.991. The zero-order valence-corrected chi connectivity index (χ0v) is 10.1. The second-order valence-corrected chi connectivity index (χ2v) is 1.98. The van der Waals surface area contributed by atoms with Crippen LogP contribution < -0.4 is 0 Å². The third kappa shape index (κ3) is 8.00. The summed E-state index contributed by atoms with van der Waals surface area (Å²) in [5.41, 5.74) is 0.991. The van der Waals surface area contributed by atoms with E-state index < -0.39 is 0 Å². The van der Waals surface area contributed by atoms with Crippen molar-refractivity contribution in [2.24, 2.45) is 0 Å². The first-order valence-electron chi connectivity index (χ1n) is 3.34. The maximum atomic E-state index is 6.74. The van der Waals surface area contributed by atoms with Gasteiger partial charge < -0.3 is 5.41 Å². The molecule has 1 N–H and O–H groups in total. The largest absolute Gasteiger partial charge is 0.308 e. The Bertz CT molecular complexity index is 149. The van der Waals surface area contributed by atoms with Crippen molar-refractivity contribution in [3.8, 4) is 0 Å². The molecule has 0 fully saturated rings. The van der Waals surface area contributed by atoms with E-state index in [2.05, 4.69) is 22.6 Å². The highest BCUT2D eigenvalue weighted by Crippen LogP contribution is 2.00. The van der Waals surface area contributed by atoms with Crippen LogP contribution in [0.4, 0.5) is 0 Å². The number of rotatable bonds is 1. The van der Waals surface area contributed by atoms with Crippen LogP contribution in [0.3, 0.4) is 0 Å². The highest BCUT2D eigenvalue weighted by Gasteiger charge is 1.79. The van der Waals surface area contributed by atoms with Crippen LogP contribution >= 0.6 is 33.9 Å². The Hall–Kier alpha value is 0.100. The van der Waals surface area contributed by atoms with Gasteiger partial charge in [0.1, 0.15) is 0 Å². The highest BCUT2D eigenvalue weighted by atomic mass is 127. The summed E-state index contributed by atoms with van der Waals surface area (Å²) in [6.45, 7) is 4.00. The third-order valence-electron chi connectivity index (χ3n) is 0.710. The minimum absolute atomic E-state index is 0.991.